The fourth-order valence-corrected chi connectivity index (χ4v) is 6.08. The van der Waals surface area contributed by atoms with Crippen molar-refractivity contribution in [2.75, 3.05) is 11.9 Å². The number of carbonyl (C=O) groups is 2. The molecule has 11 heteroatoms. The number of Topliss-reactive ketones (excluding diaryl/α,β-unsaturated/α-hetero) is 1. The number of halogens is 1. The van der Waals surface area contributed by atoms with E-state index in [9.17, 15) is 22.4 Å². The maximum atomic E-state index is 13.8. The van der Waals surface area contributed by atoms with Crippen LogP contribution in [0.5, 0.6) is 0 Å². The van der Waals surface area contributed by atoms with Gasteiger partial charge in [-0.15, -0.1) is 10.2 Å². The Morgan fingerprint density at radius 3 is 2.53 bits per heavy atom. The molecule has 1 atom stereocenters. The van der Waals surface area contributed by atoms with Gasteiger partial charge < -0.3 is 5.32 Å². The van der Waals surface area contributed by atoms with Gasteiger partial charge in [-0.25, -0.2) is 12.8 Å². The first-order chi connectivity index (χ1) is 15.3. The molecule has 0 saturated carbocycles. The minimum Gasteiger partial charge on any atom is -0.317 e. The average molecular weight is 475 g/mol. The highest BCUT2D eigenvalue weighted by Crippen LogP contribution is 2.37. The highest BCUT2D eigenvalue weighted by molar-refractivity contribution is 7.89. The van der Waals surface area contributed by atoms with Crippen molar-refractivity contribution < 1.29 is 22.4 Å². The predicted octanol–water partition coefficient (Wildman–Crippen LogP) is 3.66. The fraction of sp³-hybridized carbons (Fsp3) is 0.238. The number of amides is 1. The molecular formula is C21H19FN4O4S2. The Bertz CT molecular complexity index is 1270. The van der Waals surface area contributed by atoms with Gasteiger partial charge in [0.15, 0.2) is 5.78 Å². The Balaban J connectivity index is 1.55. The normalized spacial score (nSPS) is 16.8. The molecule has 1 aliphatic heterocycles. The number of aromatic nitrogens is 2. The lowest BCUT2D eigenvalue weighted by Gasteiger charge is -2.22. The van der Waals surface area contributed by atoms with Crippen LogP contribution in [0.25, 0.3) is 0 Å². The zero-order valence-corrected chi connectivity index (χ0v) is 18.6. The van der Waals surface area contributed by atoms with Crippen molar-refractivity contribution in [3.8, 4) is 0 Å². The Hall–Kier alpha value is -3.02. The zero-order valence-electron chi connectivity index (χ0n) is 17.0. The van der Waals surface area contributed by atoms with Crippen LogP contribution in [0, 0.1) is 5.82 Å². The van der Waals surface area contributed by atoms with Crippen LogP contribution in [-0.2, 0) is 10.0 Å². The van der Waals surface area contributed by atoms with E-state index < -0.39 is 27.8 Å². The van der Waals surface area contributed by atoms with Crippen LogP contribution in [0.3, 0.4) is 0 Å². The third-order valence-electron chi connectivity index (χ3n) is 5.11. The van der Waals surface area contributed by atoms with Crippen LogP contribution in [-0.4, -0.2) is 41.2 Å². The molecule has 1 aliphatic rings. The van der Waals surface area contributed by atoms with Crippen LogP contribution in [0.4, 0.5) is 10.1 Å². The Labute approximate surface area is 188 Å². The smallest absolute Gasteiger partial charge is 0.286 e. The largest absolute Gasteiger partial charge is 0.317 e. The van der Waals surface area contributed by atoms with Crippen molar-refractivity contribution in [3.05, 3.63) is 69.9 Å². The molecule has 1 saturated heterocycles. The number of sulfonamides is 1. The summed E-state index contributed by atoms with van der Waals surface area (Å²) in [6.07, 6.45) is 1.17. The standard InChI is InChI=1S/C21H19FN4O4S2/c1-13(27)14-8-10-15(11-9-14)32(29,30)26-12-4-7-18(26)20-24-25-21(31-20)19(28)23-17-6-3-2-5-16(17)22/h2-3,5-6,8-11,18H,4,7,12H2,1H3,(H,23,28)/t18-/m0/s1. The Morgan fingerprint density at radius 2 is 1.84 bits per heavy atom. The van der Waals surface area contributed by atoms with E-state index in [1.165, 1.54) is 53.7 Å². The van der Waals surface area contributed by atoms with Gasteiger partial charge in [0.1, 0.15) is 10.8 Å². The summed E-state index contributed by atoms with van der Waals surface area (Å²) in [6.45, 7) is 1.72. The number of rotatable bonds is 6. The summed E-state index contributed by atoms with van der Waals surface area (Å²) in [5.74, 6) is -1.34. The second kappa shape index (κ2) is 8.85. The molecule has 3 aromatic rings. The summed E-state index contributed by atoms with van der Waals surface area (Å²) in [5, 5.41) is 10.8. The number of para-hydroxylation sites is 1. The second-order valence-corrected chi connectivity index (χ2v) is 10.1. The highest BCUT2D eigenvalue weighted by Gasteiger charge is 2.38. The van der Waals surface area contributed by atoms with Gasteiger partial charge in [-0.3, -0.25) is 9.59 Å². The molecule has 0 bridgehead atoms. The molecule has 0 unspecified atom stereocenters. The number of benzene rings is 2. The molecule has 0 spiro atoms. The SMILES string of the molecule is CC(=O)c1ccc(S(=O)(=O)N2CCC[C@H]2c2nnc(C(=O)Nc3ccccc3F)s2)cc1. The maximum absolute atomic E-state index is 13.8. The second-order valence-electron chi connectivity index (χ2n) is 7.23. The molecule has 32 heavy (non-hydrogen) atoms. The van der Waals surface area contributed by atoms with Gasteiger partial charge in [0.2, 0.25) is 15.0 Å². The third kappa shape index (κ3) is 4.31. The molecule has 1 N–H and O–H groups in total. The van der Waals surface area contributed by atoms with E-state index in [0.717, 1.165) is 11.3 Å². The lowest BCUT2D eigenvalue weighted by atomic mass is 10.2. The number of ketones is 1. The van der Waals surface area contributed by atoms with Crippen LogP contribution in [0.15, 0.2) is 53.4 Å². The van der Waals surface area contributed by atoms with Crippen molar-refractivity contribution in [2.45, 2.75) is 30.7 Å². The van der Waals surface area contributed by atoms with Crippen LogP contribution >= 0.6 is 11.3 Å². The van der Waals surface area contributed by atoms with Crippen molar-refractivity contribution in [2.24, 2.45) is 0 Å². The van der Waals surface area contributed by atoms with Gasteiger partial charge >= 0.3 is 0 Å². The lowest BCUT2D eigenvalue weighted by Crippen LogP contribution is -2.30. The van der Waals surface area contributed by atoms with Gasteiger partial charge in [-0.2, -0.15) is 4.31 Å². The van der Waals surface area contributed by atoms with E-state index >= 15 is 0 Å². The average Bonchev–Trinajstić information content (AvgIpc) is 3.45. The van der Waals surface area contributed by atoms with E-state index in [1.54, 1.807) is 6.07 Å². The summed E-state index contributed by atoms with van der Waals surface area (Å²) >= 11 is 0.977. The monoisotopic (exact) mass is 474 g/mol. The number of carbonyl (C=O) groups excluding carboxylic acids is 2. The highest BCUT2D eigenvalue weighted by atomic mass is 32.2. The maximum Gasteiger partial charge on any atom is 0.286 e. The van der Waals surface area contributed by atoms with E-state index in [2.05, 4.69) is 15.5 Å². The summed E-state index contributed by atoms with van der Waals surface area (Å²) in [5.41, 5.74) is 0.449. The van der Waals surface area contributed by atoms with Crippen molar-refractivity contribution in [3.63, 3.8) is 0 Å². The van der Waals surface area contributed by atoms with Crippen LogP contribution in [0.2, 0.25) is 0 Å². The molecular weight excluding hydrogens is 455 g/mol. The minimum absolute atomic E-state index is 0.0123. The first-order valence-electron chi connectivity index (χ1n) is 9.79. The number of nitrogens with zero attached hydrogens (tertiary/aromatic N) is 3. The van der Waals surface area contributed by atoms with E-state index in [0.29, 0.717) is 30.0 Å². The first-order valence-corrected chi connectivity index (χ1v) is 12.0. The van der Waals surface area contributed by atoms with Gasteiger partial charge in [0.25, 0.3) is 5.91 Å². The number of hydrogen-bond acceptors (Lipinski definition) is 7. The quantitative estimate of drug-likeness (QED) is 0.546. The molecule has 0 aliphatic carbocycles. The van der Waals surface area contributed by atoms with E-state index in [1.807, 2.05) is 0 Å². The summed E-state index contributed by atoms with van der Waals surface area (Å²) < 4.78 is 41.5. The van der Waals surface area contributed by atoms with Crippen molar-refractivity contribution >= 4 is 38.7 Å². The topological polar surface area (TPSA) is 109 Å². The number of hydrogen-bond donors (Lipinski definition) is 1. The molecule has 0 radical (unpaired) electrons. The molecule has 1 aromatic heterocycles. The van der Waals surface area contributed by atoms with Crippen LogP contribution < -0.4 is 5.32 Å². The summed E-state index contributed by atoms with van der Waals surface area (Å²) in [7, 11) is -3.83. The van der Waals surface area contributed by atoms with Crippen molar-refractivity contribution in [1.29, 1.82) is 0 Å². The molecule has 2 heterocycles. The first kappa shape index (κ1) is 22.2. The number of nitrogens with one attached hydrogen (secondary N) is 1. The van der Waals surface area contributed by atoms with Gasteiger partial charge in [-0.05, 0) is 44.0 Å². The van der Waals surface area contributed by atoms with Crippen molar-refractivity contribution in [1.82, 2.24) is 14.5 Å². The molecule has 2 aromatic carbocycles. The third-order valence-corrected chi connectivity index (χ3v) is 8.06. The molecule has 8 nitrogen and oxygen atoms in total. The van der Waals surface area contributed by atoms with E-state index in [4.69, 9.17) is 0 Å². The molecule has 4 rings (SSSR count). The summed E-state index contributed by atoms with van der Waals surface area (Å²) in [4.78, 5) is 24.0. The van der Waals surface area contributed by atoms with Gasteiger partial charge in [0, 0.05) is 12.1 Å². The van der Waals surface area contributed by atoms with E-state index in [-0.39, 0.29) is 21.4 Å². The summed E-state index contributed by atoms with van der Waals surface area (Å²) in [6, 6.07) is 11.0. The fourth-order valence-electron chi connectivity index (χ4n) is 3.47. The van der Waals surface area contributed by atoms with Gasteiger partial charge in [0.05, 0.1) is 16.6 Å². The predicted molar refractivity (Wildman–Crippen MR) is 117 cm³/mol. The van der Waals surface area contributed by atoms with Gasteiger partial charge in [-0.1, -0.05) is 35.6 Å². The molecule has 166 valence electrons. The lowest BCUT2D eigenvalue weighted by molar-refractivity contribution is 0.101. The molecule has 1 fully saturated rings. The minimum atomic E-state index is -3.83. The Morgan fingerprint density at radius 1 is 1.12 bits per heavy atom. The zero-order chi connectivity index (χ0) is 22.9. The number of anilines is 1. The van der Waals surface area contributed by atoms with Crippen LogP contribution in [0.1, 0.15) is 51.0 Å². The molecule has 1 amide bonds. The Kier molecular flexibility index (Phi) is 6.13.